The molecule has 152 valence electrons. The quantitative estimate of drug-likeness (QED) is 0.647. The third-order valence-electron chi connectivity index (χ3n) is 8.33. The molecule has 0 radical (unpaired) electrons. The maximum absolute atomic E-state index is 14.0. The number of alkyl halides is 3. The highest BCUT2D eigenvalue weighted by Crippen LogP contribution is 2.92. The summed E-state index contributed by atoms with van der Waals surface area (Å²) < 4.78 is 66.3. The monoisotopic (exact) mass is 388 g/mol. The van der Waals surface area contributed by atoms with Crippen LogP contribution in [-0.4, -0.2) is 42.8 Å². The van der Waals surface area contributed by atoms with E-state index in [0.717, 1.165) is 0 Å². The summed E-state index contributed by atoms with van der Waals surface area (Å²) in [5.74, 6) is -0.819. The lowest BCUT2D eigenvalue weighted by atomic mass is 9.13. The summed E-state index contributed by atoms with van der Waals surface area (Å²) in [7, 11) is -1.60. The van der Waals surface area contributed by atoms with E-state index in [0.29, 0.717) is 0 Å². The zero-order chi connectivity index (χ0) is 20.5. The molecule has 2 aliphatic heterocycles. The Morgan fingerprint density at radius 2 is 1.07 bits per heavy atom. The van der Waals surface area contributed by atoms with Gasteiger partial charge in [0, 0.05) is 11.1 Å². The number of halogens is 3. The fourth-order valence-corrected chi connectivity index (χ4v) is 5.17. The highest BCUT2D eigenvalue weighted by Gasteiger charge is 2.92. The molecule has 9 heteroatoms. The molecule has 5 fully saturated rings. The SMILES string of the molecule is CC1(C)OB(C2C3(B4OC(C)(C)C(C)(C)O4)CC2(C(F)(F)F)C3)OC1(C)C. The molecular formula is C18H29B2F3O4. The van der Waals surface area contributed by atoms with Gasteiger partial charge >= 0.3 is 20.4 Å². The smallest absolute Gasteiger partial charge is 0.403 e. The van der Waals surface area contributed by atoms with Gasteiger partial charge in [-0.15, -0.1) is 0 Å². The van der Waals surface area contributed by atoms with Crippen molar-refractivity contribution < 1.29 is 31.8 Å². The molecule has 3 saturated carbocycles. The molecule has 5 rings (SSSR count). The Hall–Kier alpha value is -0.240. The maximum atomic E-state index is 14.0. The van der Waals surface area contributed by atoms with Gasteiger partial charge in [-0.25, -0.2) is 0 Å². The minimum atomic E-state index is -4.30. The first-order valence-corrected chi connectivity index (χ1v) is 9.69. The summed E-state index contributed by atoms with van der Waals surface area (Å²) in [6.07, 6.45) is -4.28. The van der Waals surface area contributed by atoms with Crippen LogP contribution in [0.2, 0.25) is 11.1 Å². The molecule has 2 heterocycles. The van der Waals surface area contributed by atoms with E-state index in [4.69, 9.17) is 18.6 Å². The first-order valence-electron chi connectivity index (χ1n) is 9.69. The van der Waals surface area contributed by atoms with Gasteiger partial charge in [-0.1, -0.05) is 0 Å². The molecular weight excluding hydrogens is 359 g/mol. The first kappa shape index (κ1) is 20.0. The van der Waals surface area contributed by atoms with Gasteiger partial charge in [-0.3, -0.25) is 0 Å². The number of hydrogen-bond acceptors (Lipinski definition) is 4. The summed E-state index contributed by atoms with van der Waals surface area (Å²) in [6.45, 7) is 15.1. The van der Waals surface area contributed by atoms with Crippen LogP contribution in [0.25, 0.3) is 0 Å². The molecule has 1 unspecified atom stereocenters. The Bertz CT molecular complexity index is 636. The van der Waals surface area contributed by atoms with Crippen molar-refractivity contribution in [1.29, 1.82) is 0 Å². The predicted octanol–water partition coefficient (Wildman–Crippen LogP) is 4.64. The molecule has 4 nitrogen and oxygen atoms in total. The van der Waals surface area contributed by atoms with Gasteiger partial charge < -0.3 is 18.6 Å². The molecule has 0 spiro atoms. The molecule has 27 heavy (non-hydrogen) atoms. The van der Waals surface area contributed by atoms with Gasteiger partial charge in [0.2, 0.25) is 0 Å². The van der Waals surface area contributed by atoms with E-state index in [1.807, 2.05) is 55.4 Å². The van der Waals surface area contributed by atoms with Crippen molar-refractivity contribution in [2.75, 3.05) is 0 Å². The third kappa shape index (κ3) is 2.23. The molecule has 3 aliphatic carbocycles. The summed E-state index contributed by atoms with van der Waals surface area (Å²) in [5, 5.41) is -0.721. The Morgan fingerprint density at radius 3 is 1.44 bits per heavy atom. The molecule has 2 bridgehead atoms. The van der Waals surface area contributed by atoms with Crippen molar-refractivity contribution in [1.82, 2.24) is 0 Å². The average molecular weight is 388 g/mol. The topological polar surface area (TPSA) is 36.9 Å². The second-order valence-corrected chi connectivity index (χ2v) is 10.9. The van der Waals surface area contributed by atoms with E-state index >= 15 is 0 Å². The summed E-state index contributed by atoms with van der Waals surface area (Å²) in [5.41, 5.74) is -4.29. The van der Waals surface area contributed by atoms with Gasteiger partial charge in [-0.2, -0.15) is 13.2 Å². The lowest BCUT2D eigenvalue weighted by molar-refractivity contribution is -0.325. The van der Waals surface area contributed by atoms with E-state index < -0.39 is 59.4 Å². The molecule has 0 N–H and O–H groups in total. The van der Waals surface area contributed by atoms with Crippen molar-refractivity contribution in [2.24, 2.45) is 5.41 Å². The Balaban J connectivity index is 1.66. The standard InChI is InChI=1S/C18H29B2F3O4/c1-12(2)13(3,4)25-19(24-12)11-16(18(21,22)23)9-17(11,10-16)20-26-14(5,6)15(7,8)27-20/h11H,9-10H2,1-8H3. The molecule has 5 aliphatic rings. The second-order valence-electron chi connectivity index (χ2n) is 10.9. The third-order valence-corrected chi connectivity index (χ3v) is 8.33. The van der Waals surface area contributed by atoms with E-state index in [1.54, 1.807) is 0 Å². The van der Waals surface area contributed by atoms with E-state index in [-0.39, 0.29) is 12.8 Å². The zero-order valence-electron chi connectivity index (χ0n) is 17.4. The van der Waals surface area contributed by atoms with E-state index in [1.165, 1.54) is 0 Å². The average Bonchev–Trinajstić information content (AvgIpc) is 2.62. The fraction of sp³-hybridized carbons (Fsp3) is 1.00. The number of hydrogen-bond donors (Lipinski definition) is 0. The predicted molar refractivity (Wildman–Crippen MR) is 96.3 cm³/mol. The first-order chi connectivity index (χ1) is 11.9. The van der Waals surface area contributed by atoms with Gasteiger partial charge in [0.15, 0.2) is 0 Å². The van der Waals surface area contributed by atoms with Gasteiger partial charge in [-0.05, 0) is 68.2 Å². The summed E-state index contributed by atoms with van der Waals surface area (Å²) in [4.78, 5) is 0. The van der Waals surface area contributed by atoms with Crippen molar-refractivity contribution in [2.45, 2.75) is 108 Å². The van der Waals surface area contributed by atoms with Crippen LogP contribution < -0.4 is 0 Å². The van der Waals surface area contributed by atoms with Crippen LogP contribution in [0.3, 0.4) is 0 Å². The van der Waals surface area contributed by atoms with Crippen LogP contribution in [0.15, 0.2) is 0 Å². The zero-order valence-corrected chi connectivity index (χ0v) is 17.4. The normalized spacial score (nSPS) is 43.4. The maximum Gasteiger partial charge on any atom is 0.464 e. The number of rotatable bonds is 2. The van der Waals surface area contributed by atoms with Crippen LogP contribution in [-0.2, 0) is 18.6 Å². The van der Waals surface area contributed by atoms with Gasteiger partial charge in [0.25, 0.3) is 0 Å². The van der Waals surface area contributed by atoms with Crippen molar-refractivity contribution in [3.8, 4) is 0 Å². The van der Waals surface area contributed by atoms with Gasteiger partial charge in [0.05, 0.1) is 27.8 Å². The molecule has 0 amide bonds. The Labute approximate surface area is 160 Å². The van der Waals surface area contributed by atoms with Gasteiger partial charge in [0.1, 0.15) is 0 Å². The highest BCUT2D eigenvalue weighted by atomic mass is 19.4. The van der Waals surface area contributed by atoms with Crippen LogP contribution in [0.4, 0.5) is 13.2 Å². The minimum absolute atomic E-state index is 0.00900. The fourth-order valence-electron chi connectivity index (χ4n) is 5.17. The largest absolute Gasteiger partial charge is 0.464 e. The van der Waals surface area contributed by atoms with E-state index in [2.05, 4.69) is 0 Å². The highest BCUT2D eigenvalue weighted by molar-refractivity contribution is 6.59. The van der Waals surface area contributed by atoms with Crippen LogP contribution in [0, 0.1) is 5.41 Å². The molecule has 0 aromatic heterocycles. The van der Waals surface area contributed by atoms with E-state index in [9.17, 15) is 13.2 Å². The molecule has 0 aromatic rings. The summed E-state index contributed by atoms with van der Waals surface area (Å²) >= 11 is 0. The van der Waals surface area contributed by atoms with Crippen LogP contribution in [0.1, 0.15) is 68.2 Å². The minimum Gasteiger partial charge on any atom is -0.403 e. The van der Waals surface area contributed by atoms with Crippen molar-refractivity contribution in [3.63, 3.8) is 0 Å². The molecule has 0 aromatic carbocycles. The second kappa shape index (κ2) is 4.90. The lowest BCUT2D eigenvalue weighted by Crippen LogP contribution is -2.76. The summed E-state index contributed by atoms with van der Waals surface area (Å²) in [6, 6.07) is 0. The molecule has 2 saturated heterocycles. The van der Waals surface area contributed by atoms with Crippen molar-refractivity contribution in [3.05, 3.63) is 0 Å². The van der Waals surface area contributed by atoms with Crippen molar-refractivity contribution >= 4 is 14.2 Å². The van der Waals surface area contributed by atoms with Crippen LogP contribution >= 0.6 is 0 Å². The Morgan fingerprint density at radius 1 is 0.704 bits per heavy atom. The Kier molecular flexibility index (Phi) is 3.64. The molecule has 1 atom stereocenters. The van der Waals surface area contributed by atoms with Crippen LogP contribution in [0.5, 0.6) is 0 Å². The lowest BCUT2D eigenvalue weighted by Gasteiger charge is -2.76.